The van der Waals surface area contributed by atoms with E-state index in [0.717, 1.165) is 29.4 Å². The van der Waals surface area contributed by atoms with E-state index in [9.17, 15) is 9.60 Å². The largest absolute Gasteiger partial charge is 0.368 e. The maximum atomic E-state index is 13.0. The lowest BCUT2D eigenvalue weighted by Gasteiger charge is -2.36. The third kappa shape index (κ3) is 5.42. The molecule has 142 valence electrons. The number of nitrogens with zero attached hydrogens (tertiary/aromatic N) is 4. The molecule has 0 aromatic heterocycles. The summed E-state index contributed by atoms with van der Waals surface area (Å²) in [6.07, 6.45) is 1.24. The zero-order chi connectivity index (χ0) is 19.2. The van der Waals surface area contributed by atoms with Crippen molar-refractivity contribution in [1.29, 1.82) is 5.41 Å². The minimum absolute atomic E-state index is 0.101. The molecule has 0 aliphatic carbocycles. The molecular formula is C19H21ClFN5O. The summed E-state index contributed by atoms with van der Waals surface area (Å²) in [6, 6.07) is 13.6. The normalized spacial score (nSPS) is 14.6. The van der Waals surface area contributed by atoms with E-state index in [2.05, 4.69) is 9.89 Å². The molecule has 27 heavy (non-hydrogen) atoms. The van der Waals surface area contributed by atoms with Crippen LogP contribution in [0.25, 0.3) is 0 Å². The fraction of sp³-hybridized carbons (Fsp3) is 0.263. The lowest BCUT2D eigenvalue weighted by atomic mass is 10.2. The van der Waals surface area contributed by atoms with Gasteiger partial charge in [0.2, 0.25) is 5.96 Å². The van der Waals surface area contributed by atoms with Crippen LogP contribution >= 0.6 is 11.6 Å². The van der Waals surface area contributed by atoms with Gasteiger partial charge in [0.15, 0.2) is 0 Å². The van der Waals surface area contributed by atoms with Crippen LogP contribution in [0.15, 0.2) is 53.5 Å². The van der Waals surface area contributed by atoms with Gasteiger partial charge < -0.3 is 9.80 Å². The first kappa shape index (κ1) is 19.1. The van der Waals surface area contributed by atoms with E-state index in [0.29, 0.717) is 18.1 Å². The van der Waals surface area contributed by atoms with Gasteiger partial charge in [-0.2, -0.15) is 0 Å². The van der Waals surface area contributed by atoms with Crippen LogP contribution in [-0.2, 0) is 6.54 Å². The number of nitrogens with one attached hydrogen (secondary N) is 1. The van der Waals surface area contributed by atoms with E-state index in [1.54, 1.807) is 24.3 Å². The van der Waals surface area contributed by atoms with Crippen molar-refractivity contribution < 1.29 is 9.60 Å². The molecule has 1 saturated heterocycles. The zero-order valence-electron chi connectivity index (χ0n) is 14.7. The van der Waals surface area contributed by atoms with Gasteiger partial charge in [-0.05, 0) is 42.0 Å². The average Bonchev–Trinajstić information content (AvgIpc) is 2.69. The van der Waals surface area contributed by atoms with Gasteiger partial charge in [-0.25, -0.2) is 14.4 Å². The maximum Gasteiger partial charge on any atom is 0.219 e. The Balaban J connectivity index is 1.47. The summed E-state index contributed by atoms with van der Waals surface area (Å²) in [7, 11) is 0. The molecule has 0 saturated carbocycles. The van der Waals surface area contributed by atoms with Crippen molar-refractivity contribution in [2.24, 2.45) is 4.99 Å². The fourth-order valence-electron chi connectivity index (χ4n) is 2.85. The van der Waals surface area contributed by atoms with Crippen molar-refractivity contribution in [1.82, 2.24) is 9.96 Å². The molecule has 2 aromatic carbocycles. The molecule has 1 aliphatic rings. The highest BCUT2D eigenvalue weighted by Gasteiger charge is 2.19. The minimum atomic E-state index is -0.249. The van der Waals surface area contributed by atoms with Gasteiger partial charge in [0.05, 0.1) is 6.54 Å². The quantitative estimate of drug-likeness (QED) is 0.477. The Bertz CT molecular complexity index is 789. The number of piperazine rings is 1. The Morgan fingerprint density at radius 1 is 1.11 bits per heavy atom. The monoisotopic (exact) mass is 389 g/mol. The summed E-state index contributed by atoms with van der Waals surface area (Å²) in [4.78, 5) is 8.02. The molecule has 0 spiro atoms. The molecule has 8 heteroatoms. The molecule has 0 radical (unpaired) electrons. The minimum Gasteiger partial charge on any atom is -0.368 e. The van der Waals surface area contributed by atoms with Crippen molar-refractivity contribution in [2.45, 2.75) is 6.54 Å². The summed E-state index contributed by atoms with van der Waals surface area (Å²) in [5.41, 5.74) is 1.85. The summed E-state index contributed by atoms with van der Waals surface area (Å²) < 4.78 is 13.0. The molecule has 1 aliphatic heterocycles. The Hall–Kier alpha value is -2.64. The van der Waals surface area contributed by atoms with Crippen LogP contribution in [0.5, 0.6) is 0 Å². The number of guanidine groups is 1. The van der Waals surface area contributed by atoms with Crippen LogP contribution in [0.3, 0.4) is 0 Å². The van der Waals surface area contributed by atoms with Crippen LogP contribution in [0.2, 0.25) is 5.02 Å². The van der Waals surface area contributed by atoms with E-state index >= 15 is 0 Å². The van der Waals surface area contributed by atoms with Gasteiger partial charge in [0, 0.05) is 36.9 Å². The predicted octanol–water partition coefficient (Wildman–Crippen LogP) is 3.46. The number of benzene rings is 2. The highest BCUT2D eigenvalue weighted by atomic mass is 35.5. The Morgan fingerprint density at radius 2 is 1.74 bits per heavy atom. The predicted molar refractivity (Wildman–Crippen MR) is 105 cm³/mol. The molecule has 0 amide bonds. The second-order valence-corrected chi connectivity index (χ2v) is 6.68. The number of anilines is 1. The topological polar surface area (TPSA) is 66.2 Å². The molecule has 6 nitrogen and oxygen atoms in total. The number of hydrogen-bond acceptors (Lipinski definition) is 3. The van der Waals surface area contributed by atoms with Crippen molar-refractivity contribution in [3.63, 3.8) is 0 Å². The summed E-state index contributed by atoms with van der Waals surface area (Å²) in [5, 5.41) is 19.6. The Labute approximate surface area is 162 Å². The Morgan fingerprint density at radius 3 is 2.37 bits per heavy atom. The third-order valence-corrected chi connectivity index (χ3v) is 4.59. The molecule has 0 atom stereocenters. The van der Waals surface area contributed by atoms with E-state index in [1.165, 1.54) is 18.5 Å². The second kappa shape index (κ2) is 8.83. The first-order valence-corrected chi connectivity index (χ1v) is 8.97. The van der Waals surface area contributed by atoms with Crippen LogP contribution in [-0.4, -0.2) is 53.6 Å². The van der Waals surface area contributed by atoms with Gasteiger partial charge >= 0.3 is 0 Å². The highest BCUT2D eigenvalue weighted by molar-refractivity contribution is 6.30. The van der Waals surface area contributed by atoms with E-state index in [-0.39, 0.29) is 18.3 Å². The van der Waals surface area contributed by atoms with Gasteiger partial charge in [0.25, 0.3) is 0 Å². The lowest BCUT2D eigenvalue weighted by molar-refractivity contribution is -0.0164. The molecular weight excluding hydrogens is 369 g/mol. The van der Waals surface area contributed by atoms with E-state index in [1.807, 2.05) is 17.0 Å². The maximum absolute atomic E-state index is 13.0. The number of halogens is 2. The van der Waals surface area contributed by atoms with Gasteiger partial charge in [-0.3, -0.25) is 10.6 Å². The number of hydroxylamine groups is 2. The van der Waals surface area contributed by atoms with Crippen LogP contribution in [0.4, 0.5) is 10.1 Å². The highest BCUT2D eigenvalue weighted by Crippen LogP contribution is 2.17. The zero-order valence-corrected chi connectivity index (χ0v) is 15.5. The van der Waals surface area contributed by atoms with Crippen molar-refractivity contribution in [3.05, 3.63) is 64.9 Å². The SMILES string of the molecule is N=C(/N=C\N(O)Cc1ccc(Cl)cc1)N1CCN(c2ccc(F)cc2)CC1. The number of aliphatic imine (C=N–C) groups is 1. The van der Waals surface area contributed by atoms with Crippen LogP contribution in [0.1, 0.15) is 5.56 Å². The lowest BCUT2D eigenvalue weighted by Crippen LogP contribution is -2.48. The molecule has 2 N–H and O–H groups in total. The van der Waals surface area contributed by atoms with Crippen LogP contribution in [0, 0.1) is 11.2 Å². The van der Waals surface area contributed by atoms with Gasteiger partial charge in [-0.1, -0.05) is 23.7 Å². The molecule has 0 unspecified atom stereocenters. The van der Waals surface area contributed by atoms with Crippen molar-refractivity contribution in [2.75, 3.05) is 31.1 Å². The molecule has 3 rings (SSSR count). The molecule has 1 fully saturated rings. The van der Waals surface area contributed by atoms with Crippen molar-refractivity contribution >= 4 is 29.6 Å². The average molecular weight is 390 g/mol. The fourth-order valence-corrected chi connectivity index (χ4v) is 2.98. The third-order valence-electron chi connectivity index (χ3n) is 4.34. The van der Waals surface area contributed by atoms with Crippen molar-refractivity contribution in [3.8, 4) is 0 Å². The molecule has 1 heterocycles. The first-order valence-electron chi connectivity index (χ1n) is 8.59. The Kier molecular flexibility index (Phi) is 6.26. The van der Waals surface area contributed by atoms with E-state index in [4.69, 9.17) is 17.0 Å². The summed E-state index contributed by atoms with van der Waals surface area (Å²) in [6.45, 7) is 2.97. The number of hydrogen-bond donors (Lipinski definition) is 2. The first-order chi connectivity index (χ1) is 13.0. The summed E-state index contributed by atoms with van der Waals surface area (Å²) >= 11 is 5.84. The van der Waals surface area contributed by atoms with Crippen LogP contribution < -0.4 is 4.90 Å². The van der Waals surface area contributed by atoms with Gasteiger partial charge in [0.1, 0.15) is 12.2 Å². The number of rotatable bonds is 4. The van der Waals surface area contributed by atoms with Gasteiger partial charge in [-0.15, -0.1) is 0 Å². The standard InChI is InChI=1S/C19H21ClFN5O/c20-16-3-1-15(2-4-16)13-26(27)14-23-19(22)25-11-9-24(10-12-25)18-7-5-17(21)6-8-18/h1-8,14,22,27H,9-13H2/b22-19?,23-14-. The smallest absolute Gasteiger partial charge is 0.219 e. The molecule has 2 aromatic rings. The second-order valence-electron chi connectivity index (χ2n) is 6.24. The molecule has 0 bridgehead atoms. The summed E-state index contributed by atoms with van der Waals surface area (Å²) in [5.74, 6) is -0.149. The van der Waals surface area contributed by atoms with E-state index < -0.39 is 0 Å².